The number of aliphatic carboxylic acids is 1. The lowest BCUT2D eigenvalue weighted by Crippen LogP contribution is -2.38. The van der Waals surface area contributed by atoms with E-state index in [1.165, 1.54) is 24.0 Å². The third kappa shape index (κ3) is 5.61. The van der Waals surface area contributed by atoms with Gasteiger partial charge in [0.25, 0.3) is 0 Å². The van der Waals surface area contributed by atoms with Gasteiger partial charge in [0.05, 0.1) is 12.1 Å². The van der Waals surface area contributed by atoms with Crippen LogP contribution in [-0.2, 0) is 24.2 Å². The molecule has 8 heteroatoms. The zero-order chi connectivity index (χ0) is 28.7. The van der Waals surface area contributed by atoms with Gasteiger partial charge >= 0.3 is 5.97 Å². The van der Waals surface area contributed by atoms with Crippen molar-refractivity contribution in [2.24, 2.45) is 5.41 Å². The standard InChI is InChI=1S/C33H42N6O2/c1-22-27(18-30(40)41)32(38-15-10-33(3,4)11-16-38)31(23(2)36-22)25-7-8-26-20-39(14-9-24(26)17-25)29-19-28(34-21-35-29)37-12-5-6-13-37/h7-8,17,19,21H,5-6,9-16,18,20H2,1-4H3,(H,40,41). The van der Waals surface area contributed by atoms with Crippen molar-refractivity contribution in [3.8, 4) is 11.1 Å². The van der Waals surface area contributed by atoms with Gasteiger partial charge in [-0.2, -0.15) is 0 Å². The van der Waals surface area contributed by atoms with Crippen LogP contribution < -0.4 is 14.7 Å². The summed E-state index contributed by atoms with van der Waals surface area (Å²) >= 11 is 0. The SMILES string of the molecule is Cc1nc(C)c(-c2ccc3c(c2)CCN(c2cc(N4CCCC4)ncn2)C3)c(N2CCC(C)(C)CC2)c1CC(=O)O. The van der Waals surface area contributed by atoms with Crippen molar-refractivity contribution in [3.63, 3.8) is 0 Å². The van der Waals surface area contributed by atoms with Crippen molar-refractivity contribution >= 4 is 23.3 Å². The second-order valence-corrected chi connectivity index (χ2v) is 12.8. The number of aromatic nitrogens is 3. The van der Waals surface area contributed by atoms with E-state index in [0.717, 1.165) is 104 Å². The molecule has 0 spiro atoms. The Labute approximate surface area is 243 Å². The number of rotatable bonds is 6. The lowest BCUT2D eigenvalue weighted by atomic mass is 9.82. The highest BCUT2D eigenvalue weighted by molar-refractivity contribution is 5.86. The molecular formula is C33H42N6O2. The highest BCUT2D eigenvalue weighted by Crippen LogP contribution is 2.42. The molecule has 2 saturated heterocycles. The van der Waals surface area contributed by atoms with Gasteiger partial charge in [-0.3, -0.25) is 9.78 Å². The fourth-order valence-corrected chi connectivity index (χ4v) is 6.79. The predicted octanol–water partition coefficient (Wildman–Crippen LogP) is 5.57. The highest BCUT2D eigenvalue weighted by Gasteiger charge is 2.31. The quantitative estimate of drug-likeness (QED) is 0.423. The Bertz CT molecular complexity index is 1450. The molecule has 0 aliphatic carbocycles. The van der Waals surface area contributed by atoms with Crippen molar-refractivity contribution in [2.45, 2.75) is 72.8 Å². The number of carboxylic acids is 1. The monoisotopic (exact) mass is 554 g/mol. The first kappa shape index (κ1) is 27.5. The first-order valence-electron chi connectivity index (χ1n) is 15.1. The summed E-state index contributed by atoms with van der Waals surface area (Å²) in [6, 6.07) is 8.92. The van der Waals surface area contributed by atoms with Crippen LogP contribution in [0.25, 0.3) is 11.1 Å². The lowest BCUT2D eigenvalue weighted by Gasteiger charge is -2.40. The van der Waals surface area contributed by atoms with E-state index in [1.54, 1.807) is 6.33 Å². The van der Waals surface area contributed by atoms with Crippen molar-refractivity contribution in [1.29, 1.82) is 0 Å². The summed E-state index contributed by atoms with van der Waals surface area (Å²) in [5, 5.41) is 9.82. The Kier molecular flexibility index (Phi) is 7.34. The fourth-order valence-electron chi connectivity index (χ4n) is 6.79. The van der Waals surface area contributed by atoms with Gasteiger partial charge in [-0.15, -0.1) is 0 Å². The molecule has 5 heterocycles. The van der Waals surface area contributed by atoms with E-state index in [1.807, 2.05) is 6.92 Å². The zero-order valence-electron chi connectivity index (χ0n) is 24.9. The maximum atomic E-state index is 12.0. The molecule has 0 unspecified atom stereocenters. The molecule has 216 valence electrons. The number of piperidine rings is 1. The summed E-state index contributed by atoms with van der Waals surface area (Å²) in [5.41, 5.74) is 8.88. The average molecular weight is 555 g/mol. The molecule has 0 atom stereocenters. The van der Waals surface area contributed by atoms with Gasteiger partial charge in [-0.25, -0.2) is 9.97 Å². The van der Waals surface area contributed by atoms with Crippen molar-refractivity contribution in [1.82, 2.24) is 15.0 Å². The van der Waals surface area contributed by atoms with E-state index in [4.69, 9.17) is 4.98 Å². The zero-order valence-corrected chi connectivity index (χ0v) is 24.9. The molecular weight excluding hydrogens is 512 g/mol. The topological polar surface area (TPSA) is 85.7 Å². The Hall–Kier alpha value is -3.68. The summed E-state index contributed by atoms with van der Waals surface area (Å²) in [4.78, 5) is 33.1. The number of hydrogen-bond acceptors (Lipinski definition) is 7. The van der Waals surface area contributed by atoms with Crippen LogP contribution in [0.1, 0.15) is 67.6 Å². The average Bonchev–Trinajstić information content (AvgIpc) is 3.49. The lowest BCUT2D eigenvalue weighted by molar-refractivity contribution is -0.136. The number of aryl methyl sites for hydroxylation is 2. The molecule has 41 heavy (non-hydrogen) atoms. The number of hydrogen-bond donors (Lipinski definition) is 1. The maximum absolute atomic E-state index is 12.0. The first-order chi connectivity index (χ1) is 19.7. The summed E-state index contributed by atoms with van der Waals surface area (Å²) in [5.74, 6) is 1.21. The summed E-state index contributed by atoms with van der Waals surface area (Å²) < 4.78 is 0. The molecule has 0 saturated carbocycles. The van der Waals surface area contributed by atoms with E-state index >= 15 is 0 Å². The van der Waals surface area contributed by atoms with Gasteiger partial charge in [-0.1, -0.05) is 32.0 Å². The van der Waals surface area contributed by atoms with E-state index in [9.17, 15) is 9.90 Å². The molecule has 2 aromatic heterocycles. The van der Waals surface area contributed by atoms with Crippen molar-refractivity contribution in [2.75, 3.05) is 47.4 Å². The molecule has 3 aliphatic rings. The third-order valence-corrected chi connectivity index (χ3v) is 9.32. The van der Waals surface area contributed by atoms with Gasteiger partial charge in [0.1, 0.15) is 18.0 Å². The van der Waals surface area contributed by atoms with Crippen LogP contribution in [0.15, 0.2) is 30.6 Å². The number of anilines is 3. The number of nitrogens with zero attached hydrogens (tertiary/aromatic N) is 6. The number of benzene rings is 1. The van der Waals surface area contributed by atoms with Gasteiger partial charge in [0.15, 0.2) is 0 Å². The second-order valence-electron chi connectivity index (χ2n) is 12.8. The number of carbonyl (C=O) groups is 1. The van der Waals surface area contributed by atoms with Crippen LogP contribution in [0, 0.1) is 19.3 Å². The van der Waals surface area contributed by atoms with Crippen molar-refractivity contribution < 1.29 is 9.90 Å². The molecule has 0 amide bonds. The molecule has 1 aromatic carbocycles. The second kappa shape index (κ2) is 11.0. The molecule has 3 aromatic rings. The number of carboxylic acid groups (broad SMARTS) is 1. The number of fused-ring (bicyclic) bond motifs is 1. The van der Waals surface area contributed by atoms with E-state index in [2.05, 4.69) is 69.7 Å². The fraction of sp³-hybridized carbons (Fsp3) is 0.515. The van der Waals surface area contributed by atoms with Crippen LogP contribution in [0.2, 0.25) is 0 Å². The Morgan fingerprint density at radius 2 is 1.59 bits per heavy atom. The van der Waals surface area contributed by atoms with E-state index in [0.29, 0.717) is 5.41 Å². The molecule has 6 rings (SSSR count). The minimum Gasteiger partial charge on any atom is -0.481 e. The van der Waals surface area contributed by atoms with Crippen LogP contribution in [0.4, 0.5) is 17.3 Å². The Balaban J connectivity index is 1.33. The Morgan fingerprint density at radius 3 is 2.29 bits per heavy atom. The van der Waals surface area contributed by atoms with Crippen LogP contribution >= 0.6 is 0 Å². The summed E-state index contributed by atoms with van der Waals surface area (Å²) in [6.45, 7) is 14.4. The van der Waals surface area contributed by atoms with E-state index < -0.39 is 5.97 Å². The smallest absolute Gasteiger partial charge is 0.307 e. The van der Waals surface area contributed by atoms with Gasteiger partial charge in [0, 0.05) is 67.8 Å². The maximum Gasteiger partial charge on any atom is 0.307 e. The highest BCUT2D eigenvalue weighted by atomic mass is 16.4. The molecule has 0 bridgehead atoms. The van der Waals surface area contributed by atoms with Gasteiger partial charge in [0.2, 0.25) is 0 Å². The molecule has 1 N–H and O–H groups in total. The molecule has 2 fully saturated rings. The summed E-state index contributed by atoms with van der Waals surface area (Å²) in [6.07, 6.45) is 7.24. The van der Waals surface area contributed by atoms with E-state index in [-0.39, 0.29) is 6.42 Å². The molecule has 3 aliphatic heterocycles. The van der Waals surface area contributed by atoms with Gasteiger partial charge in [-0.05, 0) is 68.1 Å². The third-order valence-electron chi connectivity index (χ3n) is 9.32. The van der Waals surface area contributed by atoms with Crippen LogP contribution in [0.5, 0.6) is 0 Å². The molecule has 0 radical (unpaired) electrons. The Morgan fingerprint density at radius 1 is 0.878 bits per heavy atom. The number of pyridine rings is 1. The first-order valence-corrected chi connectivity index (χ1v) is 15.1. The molecule has 8 nitrogen and oxygen atoms in total. The largest absolute Gasteiger partial charge is 0.481 e. The van der Waals surface area contributed by atoms with Gasteiger partial charge < -0.3 is 19.8 Å². The van der Waals surface area contributed by atoms with Crippen LogP contribution in [0.3, 0.4) is 0 Å². The minimum absolute atomic E-state index is 0.0143. The van der Waals surface area contributed by atoms with Crippen molar-refractivity contribution in [3.05, 3.63) is 58.7 Å². The minimum atomic E-state index is -0.813. The summed E-state index contributed by atoms with van der Waals surface area (Å²) in [7, 11) is 0. The van der Waals surface area contributed by atoms with Crippen LogP contribution in [-0.4, -0.2) is 58.8 Å². The normalized spacial score (nSPS) is 18.5. The predicted molar refractivity (Wildman–Crippen MR) is 164 cm³/mol.